The van der Waals surface area contributed by atoms with E-state index >= 15 is 0 Å². The molecule has 1 heterocycles. The van der Waals surface area contributed by atoms with Gasteiger partial charge in [0.25, 0.3) is 0 Å². The first kappa shape index (κ1) is 15.2. The lowest BCUT2D eigenvalue weighted by molar-refractivity contribution is 0.904. The molecule has 1 heteroatoms. The van der Waals surface area contributed by atoms with Crippen LogP contribution in [0.25, 0.3) is 6.08 Å². The molecular formula is C22H21N. The Morgan fingerprint density at radius 2 is 1.52 bits per heavy atom. The summed E-state index contributed by atoms with van der Waals surface area (Å²) in [5, 5.41) is 0. The summed E-state index contributed by atoms with van der Waals surface area (Å²) in [6.07, 6.45) is 7.29. The maximum absolute atomic E-state index is 4.64. The lowest BCUT2D eigenvalue weighted by Gasteiger charge is -2.07. The Labute approximate surface area is 138 Å². The highest BCUT2D eigenvalue weighted by Gasteiger charge is 2.04. The fourth-order valence-corrected chi connectivity index (χ4v) is 2.56. The van der Waals surface area contributed by atoms with Crippen LogP contribution in [0.1, 0.15) is 35.2 Å². The van der Waals surface area contributed by atoms with Crippen molar-refractivity contribution in [1.29, 1.82) is 0 Å². The zero-order valence-electron chi connectivity index (χ0n) is 13.4. The van der Waals surface area contributed by atoms with Crippen molar-refractivity contribution in [1.82, 2.24) is 4.98 Å². The third-order valence-electron chi connectivity index (χ3n) is 3.94. The highest BCUT2D eigenvalue weighted by Crippen LogP contribution is 2.17. The molecule has 0 bridgehead atoms. The van der Waals surface area contributed by atoms with E-state index in [1.165, 1.54) is 16.7 Å². The quantitative estimate of drug-likeness (QED) is 0.607. The van der Waals surface area contributed by atoms with Crippen molar-refractivity contribution in [3.63, 3.8) is 0 Å². The van der Waals surface area contributed by atoms with Gasteiger partial charge in [-0.3, -0.25) is 4.98 Å². The normalized spacial score (nSPS) is 12.4. The van der Waals surface area contributed by atoms with E-state index in [9.17, 15) is 0 Å². The van der Waals surface area contributed by atoms with Crippen LogP contribution < -0.4 is 0 Å². The Morgan fingerprint density at radius 3 is 2.17 bits per heavy atom. The minimum atomic E-state index is 0.306. The smallest absolute Gasteiger partial charge is 0.0469 e. The van der Waals surface area contributed by atoms with Gasteiger partial charge in [0, 0.05) is 17.8 Å². The molecule has 1 aromatic heterocycles. The average molecular weight is 299 g/mol. The molecule has 1 nitrogen and oxygen atoms in total. The largest absolute Gasteiger partial charge is 0.260 e. The summed E-state index contributed by atoms with van der Waals surface area (Å²) in [7, 11) is 0. The lowest BCUT2D eigenvalue weighted by atomic mass is 10.0. The number of benzene rings is 2. The van der Waals surface area contributed by atoms with Crippen LogP contribution in [0.4, 0.5) is 0 Å². The van der Waals surface area contributed by atoms with Crippen LogP contribution in [-0.2, 0) is 6.42 Å². The van der Waals surface area contributed by atoms with Gasteiger partial charge >= 0.3 is 0 Å². The fraction of sp³-hybridized carbons (Fsp3) is 0.136. The van der Waals surface area contributed by atoms with Crippen molar-refractivity contribution in [3.8, 4) is 0 Å². The molecule has 1 unspecified atom stereocenters. The molecule has 0 spiro atoms. The monoisotopic (exact) mass is 299 g/mol. The average Bonchev–Trinajstić information content (AvgIpc) is 2.62. The summed E-state index contributed by atoms with van der Waals surface area (Å²) < 4.78 is 0. The molecule has 0 fully saturated rings. The van der Waals surface area contributed by atoms with Crippen LogP contribution >= 0.6 is 0 Å². The third-order valence-corrected chi connectivity index (χ3v) is 3.94. The minimum absolute atomic E-state index is 0.306. The Bertz CT molecular complexity index is 743. The molecule has 3 rings (SSSR count). The maximum atomic E-state index is 4.64. The molecular weight excluding hydrogens is 278 g/mol. The summed E-state index contributed by atoms with van der Waals surface area (Å²) >= 11 is 0. The van der Waals surface area contributed by atoms with Crippen LogP contribution in [0.3, 0.4) is 0 Å². The molecule has 114 valence electrons. The van der Waals surface area contributed by atoms with E-state index < -0.39 is 0 Å². The second-order valence-electron chi connectivity index (χ2n) is 5.81. The zero-order valence-corrected chi connectivity index (χ0v) is 13.4. The highest BCUT2D eigenvalue weighted by atomic mass is 14.7. The molecule has 0 radical (unpaired) electrons. The Morgan fingerprint density at radius 1 is 0.826 bits per heavy atom. The number of hydrogen-bond acceptors (Lipinski definition) is 1. The molecule has 0 aliphatic carbocycles. The molecule has 3 aromatic rings. The summed E-state index contributed by atoms with van der Waals surface area (Å²) in [4.78, 5) is 4.64. The second kappa shape index (κ2) is 7.55. The standard InChI is InChI=1S/C22H21N/c1-18(12-13-19-8-4-2-5-9-19)22-15-14-21(17-23-22)16-20-10-6-3-7-11-20/h2-15,17-18H,16H2,1H3/b13-12+. The van der Waals surface area contributed by atoms with Gasteiger partial charge in [0.1, 0.15) is 0 Å². The zero-order chi connectivity index (χ0) is 15.9. The van der Waals surface area contributed by atoms with Crippen molar-refractivity contribution >= 4 is 6.08 Å². The molecule has 0 saturated carbocycles. The molecule has 0 saturated heterocycles. The SMILES string of the molecule is CC(/C=C/c1ccccc1)c1ccc(Cc2ccccc2)cn1. The Kier molecular flexibility index (Phi) is 5.00. The van der Waals surface area contributed by atoms with Gasteiger partial charge in [0.05, 0.1) is 0 Å². The molecule has 0 aliphatic rings. The van der Waals surface area contributed by atoms with Crippen molar-refractivity contribution < 1.29 is 0 Å². The van der Waals surface area contributed by atoms with Crippen LogP contribution in [0.15, 0.2) is 85.1 Å². The molecule has 0 amide bonds. The van der Waals surface area contributed by atoms with Gasteiger partial charge in [-0.25, -0.2) is 0 Å². The molecule has 0 N–H and O–H groups in total. The number of nitrogens with zero attached hydrogens (tertiary/aromatic N) is 1. The van der Waals surface area contributed by atoms with E-state index in [1.54, 1.807) is 0 Å². The summed E-state index contributed by atoms with van der Waals surface area (Å²) in [5.41, 5.74) is 4.90. The van der Waals surface area contributed by atoms with Crippen molar-refractivity contribution in [2.24, 2.45) is 0 Å². The first-order valence-corrected chi connectivity index (χ1v) is 8.03. The van der Waals surface area contributed by atoms with E-state index in [1.807, 2.05) is 18.3 Å². The molecule has 2 aromatic carbocycles. The number of allylic oxidation sites excluding steroid dienone is 1. The number of rotatable bonds is 5. The van der Waals surface area contributed by atoms with Gasteiger partial charge in [-0.2, -0.15) is 0 Å². The van der Waals surface area contributed by atoms with Gasteiger partial charge in [-0.05, 0) is 29.2 Å². The third kappa shape index (κ3) is 4.40. The van der Waals surface area contributed by atoms with E-state index in [-0.39, 0.29) is 0 Å². The second-order valence-corrected chi connectivity index (χ2v) is 5.81. The maximum Gasteiger partial charge on any atom is 0.0469 e. The molecule has 23 heavy (non-hydrogen) atoms. The topological polar surface area (TPSA) is 12.9 Å². The minimum Gasteiger partial charge on any atom is -0.260 e. The number of aromatic nitrogens is 1. The van der Waals surface area contributed by atoms with Gasteiger partial charge < -0.3 is 0 Å². The first-order chi connectivity index (χ1) is 11.3. The highest BCUT2D eigenvalue weighted by molar-refractivity contribution is 5.50. The van der Waals surface area contributed by atoms with Crippen LogP contribution in [0.2, 0.25) is 0 Å². The van der Waals surface area contributed by atoms with Crippen molar-refractivity contribution in [2.45, 2.75) is 19.3 Å². The fourth-order valence-electron chi connectivity index (χ4n) is 2.56. The van der Waals surface area contributed by atoms with Crippen molar-refractivity contribution in [2.75, 3.05) is 0 Å². The van der Waals surface area contributed by atoms with Crippen LogP contribution in [0.5, 0.6) is 0 Å². The van der Waals surface area contributed by atoms with Gasteiger partial charge in [-0.15, -0.1) is 0 Å². The number of pyridine rings is 1. The molecule has 1 atom stereocenters. The Hall–Kier alpha value is -2.67. The van der Waals surface area contributed by atoms with Gasteiger partial charge in [-0.1, -0.05) is 85.8 Å². The Balaban J connectivity index is 1.66. The van der Waals surface area contributed by atoms with E-state index in [0.29, 0.717) is 5.92 Å². The van der Waals surface area contributed by atoms with E-state index in [4.69, 9.17) is 0 Å². The van der Waals surface area contributed by atoms with Crippen molar-refractivity contribution in [3.05, 3.63) is 107 Å². The summed E-state index contributed by atoms with van der Waals surface area (Å²) in [6, 6.07) is 25.2. The first-order valence-electron chi connectivity index (χ1n) is 8.03. The van der Waals surface area contributed by atoms with Gasteiger partial charge in [0.2, 0.25) is 0 Å². The summed E-state index contributed by atoms with van der Waals surface area (Å²) in [5.74, 6) is 0.306. The number of hydrogen-bond donors (Lipinski definition) is 0. The predicted octanol–water partition coefficient (Wildman–Crippen LogP) is 5.49. The van der Waals surface area contributed by atoms with E-state index in [2.05, 4.69) is 84.7 Å². The van der Waals surface area contributed by atoms with Crippen LogP contribution in [-0.4, -0.2) is 4.98 Å². The summed E-state index contributed by atoms with van der Waals surface area (Å²) in [6.45, 7) is 2.18. The predicted molar refractivity (Wildman–Crippen MR) is 97.4 cm³/mol. The van der Waals surface area contributed by atoms with Gasteiger partial charge in [0.15, 0.2) is 0 Å². The van der Waals surface area contributed by atoms with E-state index in [0.717, 1.165) is 12.1 Å². The molecule has 0 aliphatic heterocycles. The lowest BCUT2D eigenvalue weighted by Crippen LogP contribution is -1.96. The van der Waals surface area contributed by atoms with Crippen LogP contribution in [0, 0.1) is 0 Å².